The van der Waals surface area contributed by atoms with Crippen LogP contribution in [0, 0.1) is 0 Å². The van der Waals surface area contributed by atoms with Gasteiger partial charge in [-0.15, -0.1) is 0 Å². The van der Waals surface area contributed by atoms with Crippen molar-refractivity contribution in [1.29, 1.82) is 0 Å². The number of quaternary nitrogens is 2. The maximum Gasteiger partial charge on any atom is 0.286 e. The van der Waals surface area contributed by atoms with Gasteiger partial charge < -0.3 is 9.80 Å². The number of fused-ring (bicyclic) bond motifs is 2. The first kappa shape index (κ1) is 15.7. The molecule has 5 heteroatoms. The van der Waals surface area contributed by atoms with E-state index in [2.05, 4.69) is 31.3 Å². The number of hydrogen-bond donors (Lipinski definition) is 2. The molecule has 0 spiro atoms. The number of nitrogens with zero attached hydrogens (tertiary/aromatic N) is 1. The molecule has 2 N–H and O–H groups in total. The summed E-state index contributed by atoms with van der Waals surface area (Å²) in [5, 5.41) is 0. The number of likely N-dealkylation sites (N-methyl/N-ethyl adjacent to an activating group) is 1. The Morgan fingerprint density at radius 2 is 1.50 bits per heavy atom. The summed E-state index contributed by atoms with van der Waals surface area (Å²) >= 11 is 1.75. The summed E-state index contributed by atoms with van der Waals surface area (Å²) in [4.78, 5) is 20.4. The molecule has 0 aromatic heterocycles. The zero-order chi connectivity index (χ0) is 16.5. The van der Waals surface area contributed by atoms with Crippen molar-refractivity contribution in [1.82, 2.24) is 0 Å². The van der Waals surface area contributed by atoms with Crippen molar-refractivity contribution in [3.8, 4) is 0 Å². The van der Waals surface area contributed by atoms with Crippen molar-refractivity contribution < 1.29 is 14.6 Å². The third-order valence-electron chi connectivity index (χ3n) is 4.89. The number of anilines is 2. The highest BCUT2D eigenvalue weighted by atomic mass is 32.2. The minimum Gasteiger partial charge on any atom is -0.328 e. The van der Waals surface area contributed by atoms with Gasteiger partial charge in [0.1, 0.15) is 26.2 Å². The summed E-state index contributed by atoms with van der Waals surface area (Å²) in [5.74, 6) is 0.199. The number of piperazine rings is 1. The molecule has 2 aliphatic rings. The van der Waals surface area contributed by atoms with Gasteiger partial charge in [-0.1, -0.05) is 36.0 Å². The lowest BCUT2D eigenvalue weighted by Gasteiger charge is -2.33. The third-order valence-corrected chi connectivity index (χ3v) is 6.02. The van der Waals surface area contributed by atoms with Gasteiger partial charge in [-0.05, 0) is 24.3 Å². The number of amides is 1. The molecule has 2 heterocycles. The van der Waals surface area contributed by atoms with Crippen LogP contribution in [-0.4, -0.2) is 45.7 Å². The van der Waals surface area contributed by atoms with E-state index in [4.69, 9.17) is 0 Å². The molecule has 0 atom stereocenters. The maximum absolute atomic E-state index is 13.2. The Morgan fingerprint density at radius 1 is 0.958 bits per heavy atom. The van der Waals surface area contributed by atoms with Crippen LogP contribution in [0.3, 0.4) is 0 Å². The van der Waals surface area contributed by atoms with E-state index in [1.165, 1.54) is 4.90 Å². The Kier molecular flexibility index (Phi) is 4.31. The largest absolute Gasteiger partial charge is 0.328 e. The number of rotatable bonds is 2. The molecule has 1 saturated heterocycles. The maximum atomic E-state index is 13.2. The molecule has 2 aromatic rings. The smallest absolute Gasteiger partial charge is 0.286 e. The van der Waals surface area contributed by atoms with E-state index in [0.29, 0.717) is 6.54 Å². The molecule has 4 nitrogen and oxygen atoms in total. The lowest BCUT2D eigenvalue weighted by Crippen LogP contribution is -3.27. The summed E-state index contributed by atoms with van der Waals surface area (Å²) in [6.07, 6.45) is 0. The van der Waals surface area contributed by atoms with Crippen molar-refractivity contribution in [2.75, 3.05) is 44.7 Å². The molecule has 1 fully saturated rings. The van der Waals surface area contributed by atoms with E-state index >= 15 is 0 Å². The van der Waals surface area contributed by atoms with Gasteiger partial charge in [0.2, 0.25) is 0 Å². The Morgan fingerprint density at radius 3 is 2.08 bits per heavy atom. The number of carbonyl (C=O) groups excluding carboxylic acids is 1. The van der Waals surface area contributed by atoms with Gasteiger partial charge in [-0.2, -0.15) is 0 Å². The molecule has 124 valence electrons. The van der Waals surface area contributed by atoms with Crippen LogP contribution in [0.4, 0.5) is 11.4 Å². The summed E-state index contributed by atoms with van der Waals surface area (Å²) in [6, 6.07) is 16.4. The minimum atomic E-state index is 0.199. The van der Waals surface area contributed by atoms with E-state index in [-0.39, 0.29) is 5.91 Å². The molecule has 0 radical (unpaired) electrons. The van der Waals surface area contributed by atoms with Crippen LogP contribution in [-0.2, 0) is 4.79 Å². The molecule has 24 heavy (non-hydrogen) atoms. The van der Waals surface area contributed by atoms with Crippen LogP contribution in [0.15, 0.2) is 58.3 Å². The fourth-order valence-electron chi connectivity index (χ4n) is 3.47. The van der Waals surface area contributed by atoms with E-state index in [9.17, 15) is 4.79 Å². The zero-order valence-electron chi connectivity index (χ0n) is 13.9. The topological polar surface area (TPSA) is 29.2 Å². The van der Waals surface area contributed by atoms with Gasteiger partial charge in [0.05, 0.1) is 18.4 Å². The van der Waals surface area contributed by atoms with Crippen molar-refractivity contribution in [3.05, 3.63) is 48.5 Å². The number of hydrogen-bond acceptors (Lipinski definition) is 2. The second kappa shape index (κ2) is 6.59. The lowest BCUT2D eigenvalue weighted by atomic mass is 10.2. The first-order chi connectivity index (χ1) is 11.7. The number of nitrogens with one attached hydrogen (secondary N) is 2. The SMILES string of the molecule is C[NH+]1CC[NH+](CC(=O)N2c3ccccc3Sc3ccccc32)CC1. The average Bonchev–Trinajstić information content (AvgIpc) is 2.61. The van der Waals surface area contributed by atoms with Crippen molar-refractivity contribution in [2.45, 2.75) is 9.79 Å². The van der Waals surface area contributed by atoms with Crippen molar-refractivity contribution >= 4 is 29.0 Å². The van der Waals surface area contributed by atoms with Crippen LogP contribution >= 0.6 is 11.8 Å². The van der Waals surface area contributed by atoms with Gasteiger partial charge in [0.25, 0.3) is 5.91 Å². The Balaban J connectivity index is 1.63. The van der Waals surface area contributed by atoms with Crippen LogP contribution < -0.4 is 14.7 Å². The molecule has 0 saturated carbocycles. The predicted molar refractivity (Wildman–Crippen MR) is 96.3 cm³/mol. The predicted octanol–water partition coefficient (Wildman–Crippen LogP) is 0.229. The Bertz CT molecular complexity index is 710. The molecule has 0 unspecified atom stereocenters. The minimum absolute atomic E-state index is 0.199. The monoisotopic (exact) mass is 341 g/mol. The summed E-state index contributed by atoms with van der Waals surface area (Å²) in [7, 11) is 2.23. The number of para-hydroxylation sites is 2. The van der Waals surface area contributed by atoms with Gasteiger partial charge in [-0.3, -0.25) is 9.69 Å². The third kappa shape index (κ3) is 2.95. The lowest BCUT2D eigenvalue weighted by molar-refractivity contribution is -1.000. The van der Waals surface area contributed by atoms with Gasteiger partial charge in [-0.25, -0.2) is 0 Å². The van der Waals surface area contributed by atoms with Crippen LogP contribution in [0.2, 0.25) is 0 Å². The Hall–Kier alpha value is -1.82. The summed E-state index contributed by atoms with van der Waals surface area (Å²) in [6.45, 7) is 5.00. The highest BCUT2D eigenvalue weighted by molar-refractivity contribution is 7.99. The second-order valence-electron chi connectivity index (χ2n) is 6.65. The first-order valence-electron chi connectivity index (χ1n) is 8.56. The molecule has 1 amide bonds. The van der Waals surface area contributed by atoms with Crippen LogP contribution in [0.5, 0.6) is 0 Å². The summed E-state index contributed by atoms with van der Waals surface area (Å²) in [5.41, 5.74) is 2.04. The highest BCUT2D eigenvalue weighted by Crippen LogP contribution is 2.47. The molecule has 0 bridgehead atoms. The van der Waals surface area contributed by atoms with E-state index in [0.717, 1.165) is 47.3 Å². The van der Waals surface area contributed by atoms with Gasteiger partial charge in [0.15, 0.2) is 6.54 Å². The van der Waals surface area contributed by atoms with E-state index < -0.39 is 0 Å². The molecule has 0 aliphatic carbocycles. The number of benzene rings is 2. The normalized spacial score (nSPS) is 22.6. The second-order valence-corrected chi connectivity index (χ2v) is 7.73. The standard InChI is InChI=1S/C19H21N3OS/c1-20-10-12-21(13-11-20)14-19(23)22-15-6-2-4-8-17(15)24-18-9-5-3-7-16(18)22/h2-9H,10-14H2,1H3/p+2. The average molecular weight is 341 g/mol. The Labute approximate surface area is 147 Å². The van der Waals surface area contributed by atoms with Crippen LogP contribution in [0.1, 0.15) is 0 Å². The molecular weight excluding hydrogens is 318 g/mol. The highest BCUT2D eigenvalue weighted by Gasteiger charge is 2.31. The van der Waals surface area contributed by atoms with Crippen LogP contribution in [0.25, 0.3) is 0 Å². The molecule has 4 rings (SSSR count). The van der Waals surface area contributed by atoms with Gasteiger partial charge >= 0.3 is 0 Å². The summed E-state index contributed by atoms with van der Waals surface area (Å²) < 4.78 is 0. The van der Waals surface area contributed by atoms with E-state index in [1.54, 1.807) is 16.7 Å². The number of carbonyl (C=O) groups is 1. The van der Waals surface area contributed by atoms with Gasteiger partial charge in [0, 0.05) is 9.79 Å². The van der Waals surface area contributed by atoms with E-state index in [1.807, 2.05) is 29.2 Å². The fraction of sp³-hybridized carbons (Fsp3) is 0.316. The molecule has 2 aromatic carbocycles. The molecular formula is C19H23N3OS+2. The zero-order valence-corrected chi connectivity index (χ0v) is 14.7. The van der Waals surface area contributed by atoms with Crippen molar-refractivity contribution in [3.63, 3.8) is 0 Å². The van der Waals surface area contributed by atoms with Crippen molar-refractivity contribution in [2.24, 2.45) is 0 Å². The first-order valence-corrected chi connectivity index (χ1v) is 9.38. The quantitative estimate of drug-likeness (QED) is 0.819. The molecule has 2 aliphatic heterocycles. The fourth-order valence-corrected chi connectivity index (χ4v) is 4.53.